The average Bonchev–Trinajstić information content (AvgIpc) is 2.28. The number of piperazine rings is 1. The summed E-state index contributed by atoms with van der Waals surface area (Å²) in [7, 11) is 1.55. The summed E-state index contributed by atoms with van der Waals surface area (Å²) in [6, 6.07) is -0.756. The fourth-order valence-corrected chi connectivity index (χ4v) is 1.54. The van der Waals surface area contributed by atoms with Crippen molar-refractivity contribution in [3.05, 3.63) is 0 Å². The number of rotatable bonds is 2. The minimum absolute atomic E-state index is 0.241. The third kappa shape index (κ3) is 2.82. The van der Waals surface area contributed by atoms with Crippen molar-refractivity contribution in [1.29, 1.82) is 0 Å². The molecule has 1 unspecified atom stereocenters. The number of nitrogens with zero attached hydrogens (tertiary/aromatic N) is 1. The van der Waals surface area contributed by atoms with Crippen LogP contribution in [0.4, 0.5) is 4.79 Å². The molecule has 1 heterocycles. The monoisotopic (exact) mass is 215 g/mol. The number of carbonyl (C=O) groups excluding carboxylic acids is 2. The SMILES string of the molecule is CCOC(=O)C1CNCCN1C(=O)NC. The van der Waals surface area contributed by atoms with E-state index >= 15 is 0 Å². The predicted octanol–water partition coefficient (Wildman–Crippen LogP) is -0.837. The van der Waals surface area contributed by atoms with Gasteiger partial charge in [0.2, 0.25) is 0 Å². The van der Waals surface area contributed by atoms with Crippen molar-refractivity contribution >= 4 is 12.0 Å². The molecule has 0 spiro atoms. The summed E-state index contributed by atoms with van der Waals surface area (Å²) < 4.78 is 4.91. The van der Waals surface area contributed by atoms with Gasteiger partial charge in [-0.2, -0.15) is 0 Å². The Kier molecular flexibility index (Phi) is 4.36. The van der Waals surface area contributed by atoms with Gasteiger partial charge in [0.1, 0.15) is 6.04 Å². The Labute approximate surface area is 88.9 Å². The van der Waals surface area contributed by atoms with E-state index < -0.39 is 6.04 Å². The van der Waals surface area contributed by atoms with Crippen LogP contribution in [0.15, 0.2) is 0 Å². The molecule has 0 aromatic carbocycles. The van der Waals surface area contributed by atoms with Crippen LogP contribution in [0.5, 0.6) is 0 Å². The van der Waals surface area contributed by atoms with Crippen molar-refractivity contribution in [2.75, 3.05) is 33.3 Å². The second-order valence-corrected chi connectivity index (χ2v) is 3.22. The van der Waals surface area contributed by atoms with Gasteiger partial charge in [0.25, 0.3) is 0 Å². The molecule has 0 saturated carbocycles. The van der Waals surface area contributed by atoms with Crippen LogP contribution >= 0.6 is 0 Å². The van der Waals surface area contributed by atoms with Gasteiger partial charge in [0, 0.05) is 26.7 Å². The van der Waals surface area contributed by atoms with E-state index in [1.165, 1.54) is 4.90 Å². The molecule has 15 heavy (non-hydrogen) atoms. The van der Waals surface area contributed by atoms with Gasteiger partial charge in [-0.1, -0.05) is 0 Å². The smallest absolute Gasteiger partial charge is 0.330 e. The van der Waals surface area contributed by atoms with E-state index in [4.69, 9.17) is 4.74 Å². The Morgan fingerprint density at radius 3 is 2.93 bits per heavy atom. The molecule has 86 valence electrons. The Bertz CT molecular complexity index is 245. The average molecular weight is 215 g/mol. The maximum Gasteiger partial charge on any atom is 0.330 e. The van der Waals surface area contributed by atoms with E-state index in [2.05, 4.69) is 10.6 Å². The zero-order chi connectivity index (χ0) is 11.3. The van der Waals surface area contributed by atoms with Gasteiger partial charge in [0.15, 0.2) is 0 Å². The number of hydrogen-bond acceptors (Lipinski definition) is 4. The van der Waals surface area contributed by atoms with Crippen LogP contribution in [0.2, 0.25) is 0 Å². The quantitative estimate of drug-likeness (QED) is 0.589. The summed E-state index contributed by atoms with van der Waals surface area (Å²) in [5.41, 5.74) is 0. The molecule has 1 atom stereocenters. The van der Waals surface area contributed by atoms with Gasteiger partial charge >= 0.3 is 12.0 Å². The van der Waals surface area contributed by atoms with Crippen molar-refractivity contribution in [2.24, 2.45) is 0 Å². The number of nitrogens with one attached hydrogen (secondary N) is 2. The molecule has 2 N–H and O–H groups in total. The lowest BCUT2D eigenvalue weighted by molar-refractivity contribution is -0.148. The number of amides is 2. The number of ether oxygens (including phenoxy) is 1. The van der Waals surface area contributed by atoms with E-state index in [-0.39, 0.29) is 12.0 Å². The fraction of sp³-hybridized carbons (Fsp3) is 0.778. The fourth-order valence-electron chi connectivity index (χ4n) is 1.54. The zero-order valence-electron chi connectivity index (χ0n) is 9.08. The van der Waals surface area contributed by atoms with Crippen molar-refractivity contribution in [1.82, 2.24) is 15.5 Å². The van der Waals surface area contributed by atoms with Gasteiger partial charge in [0.05, 0.1) is 6.61 Å². The highest BCUT2D eigenvalue weighted by atomic mass is 16.5. The zero-order valence-corrected chi connectivity index (χ0v) is 9.08. The van der Waals surface area contributed by atoms with Crippen molar-refractivity contribution in [3.8, 4) is 0 Å². The largest absolute Gasteiger partial charge is 0.464 e. The topological polar surface area (TPSA) is 70.7 Å². The Morgan fingerprint density at radius 2 is 2.33 bits per heavy atom. The number of hydrogen-bond donors (Lipinski definition) is 2. The molecule has 6 heteroatoms. The predicted molar refractivity (Wildman–Crippen MR) is 54.5 cm³/mol. The maximum atomic E-state index is 11.5. The van der Waals surface area contributed by atoms with Crippen molar-refractivity contribution in [2.45, 2.75) is 13.0 Å². The van der Waals surface area contributed by atoms with Crippen molar-refractivity contribution < 1.29 is 14.3 Å². The molecule has 1 fully saturated rings. The summed E-state index contributed by atoms with van der Waals surface area (Å²) >= 11 is 0. The van der Waals surface area contributed by atoms with Crippen LogP contribution < -0.4 is 10.6 Å². The lowest BCUT2D eigenvalue weighted by atomic mass is 10.2. The van der Waals surface area contributed by atoms with Gasteiger partial charge in [-0.25, -0.2) is 9.59 Å². The third-order valence-corrected chi connectivity index (χ3v) is 2.28. The van der Waals surface area contributed by atoms with Crippen LogP contribution in [0.25, 0.3) is 0 Å². The standard InChI is InChI=1S/C9H17N3O3/c1-3-15-8(13)7-6-11-4-5-12(7)9(14)10-2/h7,11H,3-6H2,1-2H3,(H,10,14). The normalized spacial score (nSPS) is 20.9. The first-order valence-corrected chi connectivity index (χ1v) is 5.06. The second-order valence-electron chi connectivity index (χ2n) is 3.22. The van der Waals surface area contributed by atoms with Crippen LogP contribution in [-0.4, -0.2) is 56.2 Å². The van der Waals surface area contributed by atoms with E-state index in [1.54, 1.807) is 14.0 Å². The van der Waals surface area contributed by atoms with E-state index in [0.29, 0.717) is 26.2 Å². The summed E-state index contributed by atoms with van der Waals surface area (Å²) in [4.78, 5) is 24.5. The molecular formula is C9H17N3O3. The van der Waals surface area contributed by atoms with E-state index in [0.717, 1.165) is 0 Å². The highest BCUT2D eigenvalue weighted by Gasteiger charge is 2.32. The Hall–Kier alpha value is -1.30. The van der Waals surface area contributed by atoms with E-state index in [1.807, 2.05) is 0 Å². The third-order valence-electron chi connectivity index (χ3n) is 2.28. The molecule has 1 aliphatic rings. The molecule has 1 saturated heterocycles. The number of esters is 1. The lowest BCUT2D eigenvalue weighted by Gasteiger charge is -2.33. The van der Waals surface area contributed by atoms with Gasteiger partial charge in [-0.15, -0.1) is 0 Å². The highest BCUT2D eigenvalue weighted by molar-refractivity contribution is 5.84. The first kappa shape index (κ1) is 11.8. The molecule has 0 aliphatic carbocycles. The molecular weight excluding hydrogens is 198 g/mol. The molecule has 1 aliphatic heterocycles. The summed E-state index contributed by atoms with van der Waals surface area (Å²) in [6.07, 6.45) is 0. The molecule has 0 aromatic rings. The summed E-state index contributed by atoms with van der Waals surface area (Å²) in [6.45, 7) is 3.74. The minimum atomic E-state index is -0.515. The first-order chi connectivity index (χ1) is 7.20. The van der Waals surface area contributed by atoms with Crippen LogP contribution in [0, 0.1) is 0 Å². The lowest BCUT2D eigenvalue weighted by Crippen LogP contribution is -2.59. The second kappa shape index (κ2) is 5.55. The van der Waals surface area contributed by atoms with Crippen LogP contribution in [-0.2, 0) is 9.53 Å². The van der Waals surface area contributed by atoms with Crippen molar-refractivity contribution in [3.63, 3.8) is 0 Å². The number of carbonyl (C=O) groups is 2. The van der Waals surface area contributed by atoms with Gasteiger partial charge in [-0.3, -0.25) is 0 Å². The first-order valence-electron chi connectivity index (χ1n) is 5.06. The van der Waals surface area contributed by atoms with Crippen LogP contribution in [0.3, 0.4) is 0 Å². The summed E-state index contributed by atoms with van der Waals surface area (Å²) in [5, 5.41) is 5.57. The highest BCUT2D eigenvalue weighted by Crippen LogP contribution is 2.05. The molecule has 6 nitrogen and oxygen atoms in total. The Morgan fingerprint density at radius 1 is 1.60 bits per heavy atom. The summed E-state index contributed by atoms with van der Waals surface area (Å²) in [5.74, 6) is -0.353. The molecule has 0 aromatic heterocycles. The molecule has 0 radical (unpaired) electrons. The number of urea groups is 1. The minimum Gasteiger partial charge on any atom is -0.464 e. The Balaban J connectivity index is 2.65. The molecule has 2 amide bonds. The molecule has 1 rings (SSSR count). The van der Waals surface area contributed by atoms with Gasteiger partial charge in [-0.05, 0) is 6.92 Å². The van der Waals surface area contributed by atoms with Crippen LogP contribution in [0.1, 0.15) is 6.92 Å². The van der Waals surface area contributed by atoms with E-state index in [9.17, 15) is 9.59 Å². The van der Waals surface area contributed by atoms with Gasteiger partial charge < -0.3 is 20.3 Å². The maximum absolute atomic E-state index is 11.5. The molecule has 0 bridgehead atoms.